The van der Waals surface area contributed by atoms with Crippen molar-refractivity contribution in [2.75, 3.05) is 32.8 Å². The number of carbonyl (C=O) groups excluding carboxylic acids is 1. The molecule has 0 spiro atoms. The van der Waals surface area contributed by atoms with Gasteiger partial charge in [0.25, 0.3) is 11.9 Å². The standard InChI is InChI=1S/C16H22FN3O2/c1-2-22-16(18-9-12-20-10-3-4-11-20)19-15(21)13-5-7-14(17)8-6-13/h5-8H,2-4,9-12H2,1H3,(H,18,19,21)/p+1. The van der Waals surface area contributed by atoms with E-state index in [4.69, 9.17) is 4.74 Å². The van der Waals surface area contributed by atoms with Crippen LogP contribution in [0.2, 0.25) is 0 Å². The van der Waals surface area contributed by atoms with Crippen LogP contribution < -0.4 is 10.2 Å². The van der Waals surface area contributed by atoms with Gasteiger partial charge in [-0.3, -0.25) is 10.1 Å². The zero-order chi connectivity index (χ0) is 15.8. The maximum atomic E-state index is 12.9. The van der Waals surface area contributed by atoms with E-state index >= 15 is 0 Å². The molecule has 1 saturated heterocycles. The molecule has 1 fully saturated rings. The van der Waals surface area contributed by atoms with Crippen LogP contribution in [0.25, 0.3) is 0 Å². The first kappa shape index (κ1) is 16.4. The second kappa shape index (κ2) is 8.48. The van der Waals surface area contributed by atoms with Crippen molar-refractivity contribution >= 4 is 11.9 Å². The van der Waals surface area contributed by atoms with Crippen LogP contribution in [0, 0.1) is 5.82 Å². The van der Waals surface area contributed by atoms with E-state index in [9.17, 15) is 9.18 Å². The van der Waals surface area contributed by atoms with Gasteiger partial charge < -0.3 is 9.64 Å². The maximum absolute atomic E-state index is 12.9. The zero-order valence-electron chi connectivity index (χ0n) is 12.9. The highest BCUT2D eigenvalue weighted by molar-refractivity contribution is 6.04. The molecule has 2 rings (SSSR count). The first-order chi connectivity index (χ1) is 10.7. The second-order valence-corrected chi connectivity index (χ2v) is 5.29. The molecule has 0 bridgehead atoms. The number of carbonyl (C=O) groups is 1. The molecule has 22 heavy (non-hydrogen) atoms. The molecule has 1 aromatic carbocycles. The summed E-state index contributed by atoms with van der Waals surface area (Å²) in [5.74, 6) is -0.718. The van der Waals surface area contributed by atoms with Crippen molar-refractivity contribution in [3.8, 4) is 0 Å². The zero-order valence-corrected chi connectivity index (χ0v) is 12.9. The van der Waals surface area contributed by atoms with Crippen molar-refractivity contribution < 1.29 is 18.8 Å². The van der Waals surface area contributed by atoms with Gasteiger partial charge in [-0.2, -0.15) is 0 Å². The molecule has 1 amide bonds. The average molecular weight is 308 g/mol. The van der Waals surface area contributed by atoms with Crippen molar-refractivity contribution in [3.05, 3.63) is 35.6 Å². The van der Waals surface area contributed by atoms with Crippen LogP contribution in [0.4, 0.5) is 4.39 Å². The van der Waals surface area contributed by atoms with E-state index in [2.05, 4.69) is 10.3 Å². The Hall–Kier alpha value is -1.95. The highest BCUT2D eigenvalue weighted by Gasteiger charge is 2.15. The maximum Gasteiger partial charge on any atom is 0.291 e. The number of hydrogen-bond donors (Lipinski definition) is 2. The summed E-state index contributed by atoms with van der Waals surface area (Å²) in [6.07, 6.45) is 2.55. The number of amidine groups is 1. The summed E-state index contributed by atoms with van der Waals surface area (Å²) >= 11 is 0. The minimum Gasteiger partial charge on any atom is -0.465 e. The highest BCUT2D eigenvalue weighted by Crippen LogP contribution is 2.02. The van der Waals surface area contributed by atoms with Gasteiger partial charge >= 0.3 is 0 Å². The number of likely N-dealkylation sites (tertiary alicyclic amines) is 1. The summed E-state index contributed by atoms with van der Waals surface area (Å²) in [6.45, 7) is 6.23. The monoisotopic (exact) mass is 308 g/mol. The molecule has 0 aromatic heterocycles. The third kappa shape index (κ3) is 5.11. The van der Waals surface area contributed by atoms with Crippen molar-refractivity contribution in [1.82, 2.24) is 5.32 Å². The predicted molar refractivity (Wildman–Crippen MR) is 82.6 cm³/mol. The molecule has 0 unspecified atom stereocenters. The number of amides is 1. The Bertz CT molecular complexity index is 511. The fraction of sp³-hybridized carbons (Fsp3) is 0.500. The third-order valence-corrected chi connectivity index (χ3v) is 3.64. The molecule has 0 aliphatic carbocycles. The van der Waals surface area contributed by atoms with Crippen LogP contribution in [0.5, 0.6) is 0 Å². The minimum atomic E-state index is -0.371. The van der Waals surface area contributed by atoms with Gasteiger partial charge in [0.2, 0.25) is 0 Å². The van der Waals surface area contributed by atoms with Gasteiger partial charge in [-0.1, -0.05) is 0 Å². The van der Waals surface area contributed by atoms with E-state index in [0.717, 1.165) is 6.54 Å². The molecule has 0 radical (unpaired) electrons. The summed E-state index contributed by atoms with van der Waals surface area (Å²) in [5, 5.41) is 2.64. The number of rotatable bonds is 5. The molecule has 1 aromatic rings. The van der Waals surface area contributed by atoms with Gasteiger partial charge in [-0.25, -0.2) is 9.38 Å². The highest BCUT2D eigenvalue weighted by atomic mass is 19.1. The first-order valence-corrected chi connectivity index (χ1v) is 7.76. The Balaban J connectivity index is 1.88. The summed E-state index contributed by atoms with van der Waals surface area (Å²) in [6, 6.07) is 5.60. The van der Waals surface area contributed by atoms with Crippen molar-refractivity contribution in [2.45, 2.75) is 19.8 Å². The molecule has 1 aliphatic rings. The quantitative estimate of drug-likeness (QED) is 0.619. The Morgan fingerprint density at radius 1 is 1.32 bits per heavy atom. The van der Waals surface area contributed by atoms with E-state index in [1.54, 1.807) is 4.90 Å². The van der Waals surface area contributed by atoms with E-state index in [1.165, 1.54) is 50.2 Å². The van der Waals surface area contributed by atoms with Gasteiger partial charge in [0.05, 0.1) is 32.8 Å². The van der Waals surface area contributed by atoms with Crippen LogP contribution in [0.15, 0.2) is 29.3 Å². The number of ether oxygens (including phenoxy) is 1. The Morgan fingerprint density at radius 2 is 2.00 bits per heavy atom. The summed E-state index contributed by atoms with van der Waals surface area (Å²) in [5.41, 5.74) is 0.374. The molecule has 120 valence electrons. The number of benzene rings is 1. The normalized spacial score (nSPS) is 15.8. The molecule has 6 heteroatoms. The lowest BCUT2D eigenvalue weighted by Crippen LogP contribution is -3.10. The number of hydrogen-bond acceptors (Lipinski definition) is 3. The van der Waals surface area contributed by atoms with Crippen LogP contribution >= 0.6 is 0 Å². The van der Waals surface area contributed by atoms with Crippen molar-refractivity contribution in [3.63, 3.8) is 0 Å². The summed E-state index contributed by atoms with van der Waals surface area (Å²) < 4.78 is 18.2. The lowest BCUT2D eigenvalue weighted by Gasteiger charge is -2.12. The second-order valence-electron chi connectivity index (χ2n) is 5.29. The number of nitrogens with one attached hydrogen (secondary N) is 2. The molecular formula is C16H23FN3O2+. The number of halogens is 1. The first-order valence-electron chi connectivity index (χ1n) is 7.76. The average Bonchev–Trinajstić information content (AvgIpc) is 3.01. The summed E-state index contributed by atoms with van der Waals surface area (Å²) in [4.78, 5) is 17.9. The fourth-order valence-corrected chi connectivity index (χ4v) is 2.47. The van der Waals surface area contributed by atoms with E-state index in [-0.39, 0.29) is 17.7 Å². The van der Waals surface area contributed by atoms with Gasteiger partial charge in [0, 0.05) is 18.4 Å². The van der Waals surface area contributed by atoms with Crippen LogP contribution in [0.1, 0.15) is 30.1 Å². The van der Waals surface area contributed by atoms with Crippen molar-refractivity contribution in [2.24, 2.45) is 4.99 Å². The predicted octanol–water partition coefficient (Wildman–Crippen LogP) is 0.627. The van der Waals surface area contributed by atoms with Gasteiger partial charge in [0.15, 0.2) is 0 Å². The van der Waals surface area contributed by atoms with Crippen LogP contribution in [-0.2, 0) is 4.74 Å². The smallest absolute Gasteiger partial charge is 0.291 e. The van der Waals surface area contributed by atoms with Crippen LogP contribution in [0.3, 0.4) is 0 Å². The number of aliphatic imine (C=N–C) groups is 1. The molecule has 2 N–H and O–H groups in total. The molecule has 1 heterocycles. The van der Waals surface area contributed by atoms with E-state index in [1.807, 2.05) is 6.92 Å². The fourth-order valence-electron chi connectivity index (χ4n) is 2.47. The lowest BCUT2D eigenvalue weighted by atomic mass is 10.2. The number of quaternary nitrogens is 1. The SMILES string of the molecule is CCOC(=NCC[NH+]1CCCC1)NC(=O)c1ccc(F)cc1. The largest absolute Gasteiger partial charge is 0.465 e. The topological polar surface area (TPSA) is 55.1 Å². The molecular weight excluding hydrogens is 285 g/mol. The molecule has 0 saturated carbocycles. The van der Waals surface area contributed by atoms with Gasteiger partial charge in [0.1, 0.15) is 5.82 Å². The van der Waals surface area contributed by atoms with Crippen LogP contribution in [-0.4, -0.2) is 44.7 Å². The van der Waals surface area contributed by atoms with Gasteiger partial charge in [-0.05, 0) is 31.2 Å². The van der Waals surface area contributed by atoms with Crippen molar-refractivity contribution in [1.29, 1.82) is 0 Å². The van der Waals surface area contributed by atoms with E-state index < -0.39 is 0 Å². The third-order valence-electron chi connectivity index (χ3n) is 3.64. The summed E-state index contributed by atoms with van der Waals surface area (Å²) in [7, 11) is 0. The molecule has 0 atom stereocenters. The van der Waals surface area contributed by atoms with E-state index in [0.29, 0.717) is 18.7 Å². The Kier molecular flexibility index (Phi) is 6.33. The Morgan fingerprint density at radius 3 is 2.64 bits per heavy atom. The molecule has 1 aliphatic heterocycles. The Labute approximate surface area is 130 Å². The minimum absolute atomic E-state index is 0.232. The number of nitrogens with zero attached hydrogens (tertiary/aromatic N) is 1. The molecule has 5 nitrogen and oxygen atoms in total. The van der Waals surface area contributed by atoms with Gasteiger partial charge in [-0.15, -0.1) is 0 Å². The lowest BCUT2D eigenvalue weighted by molar-refractivity contribution is -0.885.